The van der Waals surface area contributed by atoms with E-state index in [2.05, 4.69) is 14.9 Å². The van der Waals surface area contributed by atoms with Gasteiger partial charge >= 0.3 is 0 Å². The third kappa shape index (κ3) is 2.59. The van der Waals surface area contributed by atoms with Crippen molar-refractivity contribution in [1.29, 1.82) is 0 Å². The molecule has 1 aliphatic rings. The Morgan fingerprint density at radius 3 is 2.89 bits per heavy atom. The van der Waals surface area contributed by atoms with Crippen LogP contribution in [0.25, 0.3) is 0 Å². The van der Waals surface area contributed by atoms with Gasteiger partial charge in [-0.1, -0.05) is 24.4 Å². The summed E-state index contributed by atoms with van der Waals surface area (Å²) in [6.45, 7) is 0. The van der Waals surface area contributed by atoms with Crippen LogP contribution < -0.4 is 5.32 Å². The predicted octanol–water partition coefficient (Wildman–Crippen LogP) is 4.53. The van der Waals surface area contributed by atoms with Crippen molar-refractivity contribution in [2.75, 3.05) is 5.32 Å². The summed E-state index contributed by atoms with van der Waals surface area (Å²) in [6, 6.07) is 4.76. The van der Waals surface area contributed by atoms with Gasteiger partial charge in [-0.3, -0.25) is 0 Å². The highest BCUT2D eigenvalue weighted by molar-refractivity contribution is 6.33. The lowest BCUT2D eigenvalue weighted by molar-refractivity contribution is 0.525. The number of aromatic nitrogens is 2. The molecule has 0 amide bonds. The fourth-order valence-electron chi connectivity index (χ4n) is 2.60. The average molecular weight is 280 g/mol. The van der Waals surface area contributed by atoms with Crippen molar-refractivity contribution in [2.45, 2.75) is 31.7 Å². The predicted molar refractivity (Wildman–Crippen MR) is 74.4 cm³/mol. The third-order valence-corrected chi connectivity index (χ3v) is 3.89. The smallest absolute Gasteiger partial charge is 0.207 e. The first-order valence-corrected chi connectivity index (χ1v) is 6.87. The molecule has 0 aliphatic heterocycles. The van der Waals surface area contributed by atoms with Crippen LogP contribution in [0.2, 0.25) is 5.02 Å². The summed E-state index contributed by atoms with van der Waals surface area (Å²) in [5, 5.41) is 3.61. The van der Waals surface area contributed by atoms with Crippen LogP contribution in [0.3, 0.4) is 0 Å². The van der Waals surface area contributed by atoms with E-state index in [0.717, 1.165) is 5.95 Å². The highest BCUT2D eigenvalue weighted by Gasteiger charge is 2.19. The Hall–Kier alpha value is -1.55. The van der Waals surface area contributed by atoms with Crippen LogP contribution in [-0.4, -0.2) is 9.55 Å². The molecule has 3 nitrogen and oxygen atoms in total. The number of benzene rings is 1. The van der Waals surface area contributed by atoms with E-state index in [1.165, 1.54) is 37.8 Å². The molecule has 1 heterocycles. The normalized spacial score (nSPS) is 15.9. The van der Waals surface area contributed by atoms with Gasteiger partial charge in [-0.15, -0.1) is 0 Å². The zero-order valence-corrected chi connectivity index (χ0v) is 11.2. The third-order valence-electron chi connectivity index (χ3n) is 3.56. The second-order valence-corrected chi connectivity index (χ2v) is 5.25. The Bertz CT molecular complexity index is 576. The van der Waals surface area contributed by atoms with Gasteiger partial charge in [0.1, 0.15) is 5.82 Å². The molecule has 5 heteroatoms. The second kappa shape index (κ2) is 5.21. The molecule has 0 radical (unpaired) electrons. The van der Waals surface area contributed by atoms with Gasteiger partial charge in [-0.05, 0) is 31.0 Å². The molecule has 2 aromatic rings. The first-order valence-electron chi connectivity index (χ1n) is 6.49. The second-order valence-electron chi connectivity index (χ2n) is 4.85. The number of nitrogens with zero attached hydrogens (tertiary/aromatic N) is 2. The summed E-state index contributed by atoms with van der Waals surface area (Å²) in [4.78, 5) is 4.30. The lowest BCUT2D eigenvalue weighted by Gasteiger charge is -2.16. The Morgan fingerprint density at radius 2 is 2.11 bits per heavy atom. The first-order chi connectivity index (χ1) is 9.24. The minimum atomic E-state index is -0.314. The molecule has 1 fully saturated rings. The maximum Gasteiger partial charge on any atom is 0.207 e. The van der Waals surface area contributed by atoms with Gasteiger partial charge < -0.3 is 9.88 Å². The highest BCUT2D eigenvalue weighted by atomic mass is 35.5. The number of hydrogen-bond donors (Lipinski definition) is 1. The van der Waals surface area contributed by atoms with Gasteiger partial charge in [0.05, 0.1) is 10.7 Å². The molecule has 1 N–H and O–H groups in total. The Morgan fingerprint density at radius 1 is 1.32 bits per heavy atom. The van der Waals surface area contributed by atoms with E-state index in [9.17, 15) is 4.39 Å². The van der Waals surface area contributed by atoms with Crippen LogP contribution in [0.4, 0.5) is 16.0 Å². The number of halogens is 2. The monoisotopic (exact) mass is 279 g/mol. The topological polar surface area (TPSA) is 29.9 Å². The summed E-state index contributed by atoms with van der Waals surface area (Å²) in [6.07, 6.45) is 8.56. The van der Waals surface area contributed by atoms with Gasteiger partial charge in [0.2, 0.25) is 5.95 Å². The molecule has 3 rings (SSSR count). The van der Waals surface area contributed by atoms with E-state index < -0.39 is 0 Å². The van der Waals surface area contributed by atoms with Crippen LogP contribution in [0.15, 0.2) is 30.6 Å². The molecule has 0 saturated heterocycles. The summed E-state index contributed by atoms with van der Waals surface area (Å²) in [5.41, 5.74) is 0.548. The Labute approximate surface area is 116 Å². The number of hydrogen-bond acceptors (Lipinski definition) is 2. The molecule has 100 valence electrons. The van der Waals surface area contributed by atoms with Gasteiger partial charge in [-0.25, -0.2) is 9.37 Å². The summed E-state index contributed by atoms with van der Waals surface area (Å²) in [7, 11) is 0. The van der Waals surface area contributed by atoms with Gasteiger partial charge in [-0.2, -0.15) is 0 Å². The zero-order valence-electron chi connectivity index (χ0n) is 10.4. The van der Waals surface area contributed by atoms with E-state index in [4.69, 9.17) is 11.6 Å². The van der Waals surface area contributed by atoms with Crippen molar-refractivity contribution in [3.8, 4) is 0 Å². The van der Waals surface area contributed by atoms with Crippen molar-refractivity contribution >= 4 is 23.2 Å². The van der Waals surface area contributed by atoms with Crippen molar-refractivity contribution in [3.05, 3.63) is 41.4 Å². The first kappa shape index (κ1) is 12.5. The SMILES string of the molecule is Fc1ccc(Cl)c(Nc2nccn2C2CCCC2)c1. The lowest BCUT2D eigenvalue weighted by atomic mass is 10.2. The number of imidazole rings is 1. The lowest BCUT2D eigenvalue weighted by Crippen LogP contribution is -2.08. The Kier molecular flexibility index (Phi) is 3.42. The van der Waals surface area contributed by atoms with Crippen molar-refractivity contribution < 1.29 is 4.39 Å². The van der Waals surface area contributed by atoms with E-state index >= 15 is 0 Å². The van der Waals surface area contributed by atoms with Crippen molar-refractivity contribution in [1.82, 2.24) is 9.55 Å². The van der Waals surface area contributed by atoms with E-state index in [1.54, 1.807) is 12.3 Å². The molecule has 0 bridgehead atoms. The maximum absolute atomic E-state index is 13.3. The molecular weight excluding hydrogens is 265 g/mol. The van der Waals surface area contributed by atoms with Crippen LogP contribution in [0.1, 0.15) is 31.7 Å². The van der Waals surface area contributed by atoms with Gasteiger partial charge in [0.25, 0.3) is 0 Å². The van der Waals surface area contributed by atoms with Crippen molar-refractivity contribution in [2.24, 2.45) is 0 Å². The van der Waals surface area contributed by atoms with E-state index in [-0.39, 0.29) is 5.82 Å². The number of anilines is 2. The average Bonchev–Trinajstić information content (AvgIpc) is 3.03. The Balaban J connectivity index is 1.87. The highest BCUT2D eigenvalue weighted by Crippen LogP contribution is 2.33. The summed E-state index contributed by atoms with van der Waals surface area (Å²) in [5.74, 6) is 0.408. The number of rotatable bonds is 3. The standard InChI is InChI=1S/C14H15ClFN3/c15-12-6-5-10(16)9-13(12)18-14-17-7-8-19(14)11-3-1-2-4-11/h5-9,11H,1-4H2,(H,17,18). The molecule has 0 spiro atoms. The fourth-order valence-corrected chi connectivity index (χ4v) is 2.77. The van der Waals surface area contributed by atoms with Gasteiger partial charge in [0.15, 0.2) is 0 Å². The molecule has 19 heavy (non-hydrogen) atoms. The van der Waals surface area contributed by atoms with Crippen LogP contribution in [0.5, 0.6) is 0 Å². The minimum absolute atomic E-state index is 0.314. The number of nitrogens with one attached hydrogen (secondary N) is 1. The van der Waals surface area contributed by atoms with Crippen molar-refractivity contribution in [3.63, 3.8) is 0 Å². The van der Waals surface area contributed by atoms with Crippen LogP contribution >= 0.6 is 11.6 Å². The van der Waals surface area contributed by atoms with Gasteiger partial charge in [0, 0.05) is 18.4 Å². The quantitative estimate of drug-likeness (QED) is 0.894. The minimum Gasteiger partial charge on any atom is -0.324 e. The molecule has 1 aromatic heterocycles. The van der Waals surface area contributed by atoms with Crippen LogP contribution in [-0.2, 0) is 0 Å². The van der Waals surface area contributed by atoms with E-state index in [0.29, 0.717) is 16.8 Å². The zero-order chi connectivity index (χ0) is 13.2. The molecule has 1 saturated carbocycles. The molecule has 0 atom stereocenters. The molecule has 1 aliphatic carbocycles. The fraction of sp³-hybridized carbons (Fsp3) is 0.357. The molecule has 1 aromatic carbocycles. The molecular formula is C14H15ClFN3. The maximum atomic E-state index is 13.3. The summed E-state index contributed by atoms with van der Waals surface area (Å²) >= 11 is 6.06. The largest absolute Gasteiger partial charge is 0.324 e. The van der Waals surface area contributed by atoms with E-state index in [1.807, 2.05) is 6.20 Å². The molecule has 0 unspecified atom stereocenters. The summed E-state index contributed by atoms with van der Waals surface area (Å²) < 4.78 is 15.4. The van der Waals surface area contributed by atoms with Crippen LogP contribution in [0, 0.1) is 5.82 Å².